The van der Waals surface area contributed by atoms with Crippen LogP contribution < -0.4 is 22.3 Å². The van der Waals surface area contributed by atoms with E-state index in [1.807, 2.05) is 24.3 Å². The lowest BCUT2D eigenvalue weighted by Gasteiger charge is -2.22. The van der Waals surface area contributed by atoms with Crippen LogP contribution in [-0.4, -0.2) is 51.9 Å². The molecule has 8 heteroatoms. The fourth-order valence-corrected chi connectivity index (χ4v) is 2.91. The summed E-state index contributed by atoms with van der Waals surface area (Å²) in [5.41, 5.74) is 7.00. The molecule has 27 heavy (non-hydrogen) atoms. The lowest BCUT2D eigenvalue weighted by atomic mass is 10.1. The highest BCUT2D eigenvalue weighted by Gasteiger charge is 2.07. The molecule has 2 aromatic rings. The molecule has 1 aromatic carbocycles. The topological polar surface area (TPSA) is 106 Å². The largest absolute Gasteiger partial charge is 0.399 e. The molecule has 0 radical (unpaired) electrons. The Balaban J connectivity index is 1.84. The Morgan fingerprint density at radius 1 is 1.07 bits per heavy atom. The molecule has 0 saturated carbocycles. The van der Waals surface area contributed by atoms with E-state index in [9.17, 15) is 14.7 Å². The first-order valence-corrected chi connectivity index (χ1v) is 9.11. The summed E-state index contributed by atoms with van der Waals surface area (Å²) in [6.45, 7) is 2.79. The third-order valence-corrected chi connectivity index (χ3v) is 4.60. The molecule has 0 atom stereocenters. The van der Waals surface area contributed by atoms with Crippen molar-refractivity contribution in [1.29, 1.82) is 0 Å². The highest BCUT2D eigenvalue weighted by atomic mass is 16.3. The maximum absolute atomic E-state index is 11.9. The summed E-state index contributed by atoms with van der Waals surface area (Å²) in [6, 6.07) is 9.28. The number of aliphatic hydroxyl groups is 1. The summed E-state index contributed by atoms with van der Waals surface area (Å²) in [7, 11) is 3.08. The van der Waals surface area contributed by atoms with Gasteiger partial charge < -0.3 is 16.2 Å². The van der Waals surface area contributed by atoms with Gasteiger partial charge in [0.1, 0.15) is 5.82 Å². The van der Waals surface area contributed by atoms with Crippen LogP contribution >= 0.6 is 0 Å². The van der Waals surface area contributed by atoms with Gasteiger partial charge in [-0.15, -0.1) is 0 Å². The van der Waals surface area contributed by atoms with Gasteiger partial charge in [-0.2, -0.15) is 0 Å². The van der Waals surface area contributed by atoms with Crippen molar-refractivity contribution in [1.82, 2.24) is 14.0 Å². The minimum atomic E-state index is -0.360. The summed E-state index contributed by atoms with van der Waals surface area (Å²) in [5.74, 6) is 0.494. The van der Waals surface area contributed by atoms with Crippen molar-refractivity contribution < 1.29 is 5.11 Å². The average Bonchev–Trinajstić information content (AvgIpc) is 2.65. The fourth-order valence-electron chi connectivity index (χ4n) is 2.91. The van der Waals surface area contributed by atoms with E-state index in [0.29, 0.717) is 25.5 Å². The van der Waals surface area contributed by atoms with Crippen molar-refractivity contribution in [3.63, 3.8) is 0 Å². The van der Waals surface area contributed by atoms with Crippen molar-refractivity contribution >= 4 is 11.5 Å². The molecule has 0 spiro atoms. The van der Waals surface area contributed by atoms with Gasteiger partial charge in [0.2, 0.25) is 0 Å². The number of benzene rings is 1. The number of rotatable bonds is 10. The molecule has 0 unspecified atom stereocenters. The van der Waals surface area contributed by atoms with Crippen molar-refractivity contribution in [3.05, 3.63) is 56.7 Å². The maximum Gasteiger partial charge on any atom is 0.332 e. The molecule has 0 aliphatic rings. The molecule has 0 saturated heterocycles. The van der Waals surface area contributed by atoms with Gasteiger partial charge in [-0.3, -0.25) is 18.8 Å². The van der Waals surface area contributed by atoms with Crippen molar-refractivity contribution in [2.75, 3.05) is 43.8 Å². The Labute approximate surface area is 158 Å². The number of aromatic nitrogens is 2. The number of nitrogens with two attached hydrogens (primary N) is 1. The monoisotopic (exact) mass is 375 g/mol. The number of hydrogen-bond acceptors (Lipinski definition) is 6. The third kappa shape index (κ3) is 5.97. The zero-order chi connectivity index (χ0) is 19.8. The molecule has 0 aliphatic heterocycles. The van der Waals surface area contributed by atoms with E-state index < -0.39 is 0 Å². The van der Waals surface area contributed by atoms with E-state index in [4.69, 9.17) is 5.73 Å². The smallest absolute Gasteiger partial charge is 0.332 e. The second-order valence-electron chi connectivity index (χ2n) is 6.61. The molecule has 4 N–H and O–H groups in total. The van der Waals surface area contributed by atoms with E-state index in [2.05, 4.69) is 10.2 Å². The van der Waals surface area contributed by atoms with Crippen LogP contribution in [0.4, 0.5) is 11.5 Å². The molecular formula is C19H29N5O3. The van der Waals surface area contributed by atoms with E-state index in [0.717, 1.165) is 29.6 Å². The number of nitrogens with one attached hydrogen (secondary N) is 1. The standard InChI is InChI=1S/C19H29N5O3/c1-22-17(14-18(26)23(2)19(22)27)21-9-11-24(12-13-25)10-3-4-15-5-7-16(20)8-6-15/h5-8,14,21,25H,3-4,9-13,20H2,1-2H3. The summed E-state index contributed by atoms with van der Waals surface area (Å²) < 4.78 is 2.49. The van der Waals surface area contributed by atoms with Gasteiger partial charge in [-0.25, -0.2) is 4.79 Å². The number of aryl methyl sites for hydroxylation is 1. The zero-order valence-corrected chi connectivity index (χ0v) is 16.0. The van der Waals surface area contributed by atoms with Crippen LogP contribution in [0, 0.1) is 0 Å². The Kier molecular flexibility index (Phi) is 7.63. The summed E-state index contributed by atoms with van der Waals surface area (Å²) >= 11 is 0. The molecule has 1 heterocycles. The van der Waals surface area contributed by atoms with Crippen LogP contribution in [0.5, 0.6) is 0 Å². The van der Waals surface area contributed by atoms with Crippen molar-refractivity contribution in [3.8, 4) is 0 Å². The highest BCUT2D eigenvalue weighted by Crippen LogP contribution is 2.08. The Hall–Kier alpha value is -2.58. The molecule has 0 aliphatic carbocycles. The molecule has 0 fully saturated rings. The first kappa shape index (κ1) is 20.7. The van der Waals surface area contributed by atoms with Crippen LogP contribution in [0.3, 0.4) is 0 Å². The quantitative estimate of drug-likeness (QED) is 0.505. The highest BCUT2D eigenvalue weighted by molar-refractivity contribution is 5.39. The Morgan fingerprint density at radius 3 is 2.44 bits per heavy atom. The van der Waals surface area contributed by atoms with Crippen LogP contribution in [-0.2, 0) is 20.5 Å². The van der Waals surface area contributed by atoms with E-state index in [-0.39, 0.29) is 17.9 Å². The lowest BCUT2D eigenvalue weighted by molar-refractivity contribution is 0.199. The van der Waals surface area contributed by atoms with Crippen molar-refractivity contribution in [2.24, 2.45) is 14.1 Å². The van der Waals surface area contributed by atoms with Gasteiger partial charge in [-0.1, -0.05) is 12.1 Å². The molecule has 0 bridgehead atoms. The number of nitrogens with zero attached hydrogens (tertiary/aromatic N) is 3. The molecule has 8 nitrogen and oxygen atoms in total. The fraction of sp³-hybridized carbons (Fsp3) is 0.474. The van der Waals surface area contributed by atoms with E-state index in [1.165, 1.54) is 23.2 Å². The molecule has 1 aromatic heterocycles. The van der Waals surface area contributed by atoms with E-state index in [1.54, 1.807) is 7.05 Å². The second-order valence-corrected chi connectivity index (χ2v) is 6.61. The van der Waals surface area contributed by atoms with Crippen LogP contribution in [0.25, 0.3) is 0 Å². The van der Waals surface area contributed by atoms with Crippen LogP contribution in [0.2, 0.25) is 0 Å². The zero-order valence-electron chi connectivity index (χ0n) is 16.0. The number of aliphatic hydroxyl groups excluding tert-OH is 1. The number of nitrogen functional groups attached to an aromatic ring is 1. The Bertz CT molecular complexity index is 842. The van der Waals surface area contributed by atoms with Gasteiger partial charge in [-0.05, 0) is 37.1 Å². The Morgan fingerprint density at radius 2 is 1.78 bits per heavy atom. The predicted octanol–water partition coefficient (Wildman–Crippen LogP) is 0.00520. The maximum atomic E-state index is 11.9. The molecule has 148 valence electrons. The summed E-state index contributed by atoms with van der Waals surface area (Å²) in [5, 5.41) is 12.4. The molecule has 0 amide bonds. The number of hydrogen-bond donors (Lipinski definition) is 3. The first-order valence-electron chi connectivity index (χ1n) is 9.11. The minimum Gasteiger partial charge on any atom is -0.399 e. The minimum absolute atomic E-state index is 0.0895. The average molecular weight is 375 g/mol. The normalized spacial score (nSPS) is 11.1. The van der Waals surface area contributed by atoms with Crippen LogP contribution in [0.15, 0.2) is 39.9 Å². The first-order chi connectivity index (χ1) is 12.9. The SMILES string of the molecule is Cn1c(NCCN(CCO)CCCc2ccc(N)cc2)cc(=O)n(C)c1=O. The predicted molar refractivity (Wildman–Crippen MR) is 108 cm³/mol. The third-order valence-electron chi connectivity index (χ3n) is 4.60. The van der Waals surface area contributed by atoms with Gasteiger partial charge >= 0.3 is 5.69 Å². The van der Waals surface area contributed by atoms with Gasteiger partial charge in [0.05, 0.1) is 6.61 Å². The second kappa shape index (κ2) is 9.94. The summed E-state index contributed by atoms with van der Waals surface area (Å²) in [4.78, 5) is 25.9. The van der Waals surface area contributed by atoms with Gasteiger partial charge in [0, 0.05) is 45.5 Å². The summed E-state index contributed by atoms with van der Waals surface area (Å²) in [6.07, 6.45) is 1.91. The van der Waals surface area contributed by atoms with Gasteiger partial charge in [0.15, 0.2) is 0 Å². The molecular weight excluding hydrogens is 346 g/mol. The van der Waals surface area contributed by atoms with E-state index >= 15 is 0 Å². The van der Waals surface area contributed by atoms with Gasteiger partial charge in [0.25, 0.3) is 5.56 Å². The lowest BCUT2D eigenvalue weighted by Crippen LogP contribution is -2.38. The van der Waals surface area contributed by atoms with Crippen LogP contribution in [0.1, 0.15) is 12.0 Å². The van der Waals surface area contributed by atoms with Crippen molar-refractivity contribution in [2.45, 2.75) is 12.8 Å². The molecule has 2 rings (SSSR count). The number of anilines is 2.